The second kappa shape index (κ2) is 7.50. The van der Waals surface area contributed by atoms with E-state index in [1.165, 1.54) is 0 Å². The highest BCUT2D eigenvalue weighted by Gasteiger charge is 2.15. The number of pyridine rings is 1. The molecule has 136 valence electrons. The quantitative estimate of drug-likeness (QED) is 0.491. The zero-order chi connectivity index (χ0) is 18.8. The Balaban J connectivity index is 1.63. The Morgan fingerprint density at radius 2 is 1.89 bits per heavy atom. The predicted molar refractivity (Wildman–Crippen MR) is 111 cm³/mol. The van der Waals surface area contributed by atoms with Gasteiger partial charge >= 0.3 is 0 Å². The fourth-order valence-corrected chi connectivity index (χ4v) is 3.57. The van der Waals surface area contributed by atoms with Crippen molar-refractivity contribution in [3.05, 3.63) is 76.8 Å². The molecular formula is C21H19BrN4O. The molecule has 0 aliphatic carbocycles. The fourth-order valence-electron chi connectivity index (χ4n) is 3.17. The Kier molecular flexibility index (Phi) is 4.92. The molecule has 4 rings (SSSR count). The van der Waals surface area contributed by atoms with Gasteiger partial charge in [-0.2, -0.15) is 0 Å². The highest BCUT2D eigenvalue weighted by molar-refractivity contribution is 9.10. The molecule has 0 bridgehead atoms. The van der Waals surface area contributed by atoms with Gasteiger partial charge in [0.25, 0.3) is 0 Å². The molecule has 2 heterocycles. The van der Waals surface area contributed by atoms with Gasteiger partial charge in [0.1, 0.15) is 11.6 Å². The standard InChI is InChI=1S/C21H19BrN4O/c1-27-20-5-3-16(22)10-15(20)11-17(23)21-25-18-4-2-14(12-19(18)26-21)13-6-8-24-9-7-13/h2-10,12,17H,11,23H2,1H3,(H,25,26)/t17-/m1/s1. The lowest BCUT2D eigenvalue weighted by Gasteiger charge is -2.13. The third kappa shape index (κ3) is 3.72. The van der Waals surface area contributed by atoms with Crippen LogP contribution in [0.2, 0.25) is 0 Å². The summed E-state index contributed by atoms with van der Waals surface area (Å²) in [5.74, 6) is 1.59. The third-order valence-corrected chi connectivity index (χ3v) is 5.04. The molecule has 5 nitrogen and oxygen atoms in total. The van der Waals surface area contributed by atoms with Gasteiger partial charge in [0.2, 0.25) is 0 Å². The molecule has 0 amide bonds. The molecule has 1 atom stereocenters. The molecular weight excluding hydrogens is 404 g/mol. The molecule has 0 radical (unpaired) electrons. The summed E-state index contributed by atoms with van der Waals surface area (Å²) in [6.07, 6.45) is 4.20. The van der Waals surface area contributed by atoms with Crippen molar-refractivity contribution >= 4 is 27.0 Å². The van der Waals surface area contributed by atoms with Crippen LogP contribution in [0, 0.1) is 0 Å². The molecule has 0 saturated carbocycles. The first kappa shape index (κ1) is 17.7. The average Bonchev–Trinajstić information content (AvgIpc) is 3.12. The summed E-state index contributed by atoms with van der Waals surface area (Å²) in [6, 6.07) is 15.8. The molecule has 0 saturated heterocycles. The number of aromatic nitrogens is 3. The third-order valence-electron chi connectivity index (χ3n) is 4.55. The van der Waals surface area contributed by atoms with E-state index >= 15 is 0 Å². The largest absolute Gasteiger partial charge is 0.496 e. The maximum Gasteiger partial charge on any atom is 0.124 e. The average molecular weight is 423 g/mol. The van der Waals surface area contributed by atoms with Crippen LogP contribution in [-0.4, -0.2) is 22.1 Å². The molecule has 2 aromatic heterocycles. The van der Waals surface area contributed by atoms with E-state index in [1.807, 2.05) is 36.4 Å². The lowest BCUT2D eigenvalue weighted by molar-refractivity contribution is 0.407. The van der Waals surface area contributed by atoms with Crippen LogP contribution in [0.1, 0.15) is 17.4 Å². The Hall–Kier alpha value is -2.70. The molecule has 0 aliphatic heterocycles. The topological polar surface area (TPSA) is 76.8 Å². The van der Waals surface area contributed by atoms with Gasteiger partial charge in [0.15, 0.2) is 0 Å². The molecule has 0 unspecified atom stereocenters. The van der Waals surface area contributed by atoms with Crippen LogP contribution in [0.25, 0.3) is 22.2 Å². The maximum atomic E-state index is 6.44. The number of H-pyrrole nitrogens is 1. The van der Waals surface area contributed by atoms with Gasteiger partial charge in [0.05, 0.1) is 24.2 Å². The van der Waals surface area contributed by atoms with Crippen molar-refractivity contribution in [3.8, 4) is 16.9 Å². The molecule has 0 fully saturated rings. The number of hydrogen-bond acceptors (Lipinski definition) is 4. The Bertz CT molecular complexity index is 1080. The first-order chi connectivity index (χ1) is 13.1. The number of benzene rings is 2. The molecule has 0 spiro atoms. The molecule has 3 N–H and O–H groups in total. The van der Waals surface area contributed by atoms with Gasteiger partial charge in [-0.05, 0) is 65.6 Å². The van der Waals surface area contributed by atoms with Crippen molar-refractivity contribution < 1.29 is 4.74 Å². The maximum absolute atomic E-state index is 6.44. The van der Waals surface area contributed by atoms with E-state index in [0.717, 1.165) is 43.8 Å². The van der Waals surface area contributed by atoms with Gasteiger partial charge in [-0.1, -0.05) is 22.0 Å². The van der Waals surface area contributed by atoms with Crippen LogP contribution >= 0.6 is 15.9 Å². The van der Waals surface area contributed by atoms with Crippen LogP contribution in [0.5, 0.6) is 5.75 Å². The van der Waals surface area contributed by atoms with Crippen molar-refractivity contribution in [3.63, 3.8) is 0 Å². The SMILES string of the molecule is COc1ccc(Br)cc1C[C@@H](N)c1nc2cc(-c3ccncc3)ccc2[nH]1. The first-order valence-corrected chi connectivity index (χ1v) is 9.41. The van der Waals surface area contributed by atoms with Crippen molar-refractivity contribution in [2.75, 3.05) is 7.11 Å². The Morgan fingerprint density at radius 1 is 1.07 bits per heavy atom. The number of imidazole rings is 1. The number of nitrogens with one attached hydrogen (secondary N) is 1. The number of nitrogens with two attached hydrogens (primary N) is 1. The molecule has 4 aromatic rings. The summed E-state index contributed by atoms with van der Waals surface area (Å²) in [6.45, 7) is 0. The normalized spacial score (nSPS) is 12.3. The minimum absolute atomic E-state index is 0.259. The number of aromatic amines is 1. The fraction of sp³-hybridized carbons (Fsp3) is 0.143. The van der Waals surface area contributed by atoms with Crippen molar-refractivity contribution in [2.45, 2.75) is 12.5 Å². The van der Waals surface area contributed by atoms with Gasteiger partial charge in [-0.15, -0.1) is 0 Å². The second-order valence-electron chi connectivity index (χ2n) is 6.36. The van der Waals surface area contributed by atoms with E-state index in [9.17, 15) is 0 Å². The molecule has 0 aliphatic rings. The Morgan fingerprint density at radius 3 is 2.67 bits per heavy atom. The summed E-state index contributed by atoms with van der Waals surface area (Å²) in [5.41, 5.74) is 11.6. The number of fused-ring (bicyclic) bond motifs is 1. The minimum Gasteiger partial charge on any atom is -0.496 e. The van der Waals surface area contributed by atoms with Gasteiger partial charge in [0, 0.05) is 16.9 Å². The zero-order valence-electron chi connectivity index (χ0n) is 14.8. The van der Waals surface area contributed by atoms with Gasteiger partial charge in [-0.3, -0.25) is 4.98 Å². The summed E-state index contributed by atoms with van der Waals surface area (Å²) in [5, 5.41) is 0. The van der Waals surface area contributed by atoms with E-state index in [1.54, 1.807) is 19.5 Å². The second-order valence-corrected chi connectivity index (χ2v) is 7.27. The smallest absolute Gasteiger partial charge is 0.124 e. The predicted octanol–water partition coefficient (Wildman–Crippen LogP) is 4.64. The summed E-state index contributed by atoms with van der Waals surface area (Å²) < 4.78 is 6.45. The zero-order valence-corrected chi connectivity index (χ0v) is 16.4. The number of hydrogen-bond donors (Lipinski definition) is 2. The van der Waals surface area contributed by atoms with E-state index in [0.29, 0.717) is 6.42 Å². The number of methoxy groups -OCH3 is 1. The lowest BCUT2D eigenvalue weighted by Crippen LogP contribution is -2.15. The molecule has 6 heteroatoms. The lowest BCUT2D eigenvalue weighted by atomic mass is 10.1. The molecule has 2 aromatic carbocycles. The summed E-state index contributed by atoms with van der Waals surface area (Å²) >= 11 is 3.51. The summed E-state index contributed by atoms with van der Waals surface area (Å²) in [4.78, 5) is 12.1. The van der Waals surface area contributed by atoms with E-state index < -0.39 is 0 Å². The van der Waals surface area contributed by atoms with Crippen LogP contribution < -0.4 is 10.5 Å². The van der Waals surface area contributed by atoms with Crippen molar-refractivity contribution in [1.82, 2.24) is 15.0 Å². The van der Waals surface area contributed by atoms with E-state index in [-0.39, 0.29) is 6.04 Å². The number of ether oxygens (including phenoxy) is 1. The molecule has 27 heavy (non-hydrogen) atoms. The van der Waals surface area contributed by atoms with E-state index in [4.69, 9.17) is 15.5 Å². The van der Waals surface area contributed by atoms with Crippen LogP contribution in [0.4, 0.5) is 0 Å². The van der Waals surface area contributed by atoms with Gasteiger partial charge in [-0.25, -0.2) is 4.98 Å². The van der Waals surface area contributed by atoms with E-state index in [2.05, 4.69) is 38.0 Å². The summed E-state index contributed by atoms with van der Waals surface area (Å²) in [7, 11) is 1.67. The van der Waals surface area contributed by atoms with Crippen molar-refractivity contribution in [1.29, 1.82) is 0 Å². The highest BCUT2D eigenvalue weighted by atomic mass is 79.9. The van der Waals surface area contributed by atoms with Crippen molar-refractivity contribution in [2.24, 2.45) is 5.73 Å². The highest BCUT2D eigenvalue weighted by Crippen LogP contribution is 2.28. The monoisotopic (exact) mass is 422 g/mol. The minimum atomic E-state index is -0.259. The number of halogens is 1. The number of rotatable bonds is 5. The van der Waals surface area contributed by atoms with Crippen LogP contribution in [-0.2, 0) is 6.42 Å². The van der Waals surface area contributed by atoms with Crippen LogP contribution in [0.3, 0.4) is 0 Å². The Labute approximate surface area is 165 Å². The van der Waals surface area contributed by atoms with Gasteiger partial charge < -0.3 is 15.5 Å². The number of nitrogens with zero attached hydrogens (tertiary/aromatic N) is 2. The van der Waals surface area contributed by atoms with Crippen LogP contribution in [0.15, 0.2) is 65.4 Å². The first-order valence-electron chi connectivity index (χ1n) is 8.62.